The number of benzene rings is 1. The third-order valence-electron chi connectivity index (χ3n) is 5.91. The van der Waals surface area contributed by atoms with Gasteiger partial charge in [0.2, 0.25) is 0 Å². The smallest absolute Gasteiger partial charge is 0.326 e. The molecule has 4 rings (SSSR count). The molecule has 1 spiro atoms. The lowest BCUT2D eigenvalue weighted by Crippen LogP contribution is -2.41. The maximum atomic E-state index is 13.1. The highest BCUT2D eigenvalue weighted by atomic mass is 16.5. The first-order chi connectivity index (χ1) is 13.5. The van der Waals surface area contributed by atoms with Crippen LogP contribution in [0, 0.1) is 5.41 Å². The van der Waals surface area contributed by atoms with Crippen LogP contribution in [0.3, 0.4) is 0 Å². The molecule has 1 amide bonds. The van der Waals surface area contributed by atoms with Gasteiger partial charge in [-0.25, -0.2) is 4.79 Å². The Balaban J connectivity index is 1.56. The van der Waals surface area contributed by atoms with Crippen molar-refractivity contribution in [3.63, 3.8) is 0 Å². The first kappa shape index (κ1) is 18.6. The fraction of sp³-hybridized carbons (Fsp3) is 0.429. The number of furan rings is 1. The van der Waals surface area contributed by atoms with E-state index in [0.717, 1.165) is 37.2 Å². The fourth-order valence-electron chi connectivity index (χ4n) is 4.31. The van der Waals surface area contributed by atoms with Crippen LogP contribution in [0.15, 0.2) is 40.8 Å². The number of aliphatic carboxylic acids is 1. The minimum absolute atomic E-state index is 0.116. The third kappa shape index (κ3) is 3.38. The number of methoxy groups -OCH3 is 1. The van der Waals surface area contributed by atoms with Gasteiger partial charge in [-0.05, 0) is 74.2 Å². The third-order valence-corrected chi connectivity index (χ3v) is 5.91. The lowest BCUT2D eigenvalue weighted by molar-refractivity contribution is -0.141. The van der Waals surface area contributed by atoms with Crippen molar-refractivity contribution in [1.82, 2.24) is 10.2 Å². The van der Waals surface area contributed by atoms with Crippen molar-refractivity contribution >= 4 is 11.9 Å². The average molecular weight is 384 g/mol. The van der Waals surface area contributed by atoms with Gasteiger partial charge in [0.15, 0.2) is 5.76 Å². The summed E-state index contributed by atoms with van der Waals surface area (Å²) in [6, 6.07) is 9.90. The molecule has 1 aromatic heterocycles. The predicted octanol–water partition coefficient (Wildman–Crippen LogP) is 2.62. The molecule has 0 aliphatic carbocycles. The molecule has 7 nitrogen and oxygen atoms in total. The van der Waals surface area contributed by atoms with Crippen LogP contribution in [0.1, 0.15) is 29.8 Å². The molecular formula is C21H24N2O5. The molecule has 2 aromatic rings. The molecule has 1 atom stereocenters. The Hall–Kier alpha value is -2.80. The van der Waals surface area contributed by atoms with Gasteiger partial charge in [0.25, 0.3) is 5.91 Å². The Labute approximate surface area is 163 Å². The number of hydrogen-bond donors (Lipinski definition) is 2. The molecule has 2 aliphatic rings. The average Bonchev–Trinajstić information content (AvgIpc) is 3.34. The molecule has 2 aliphatic heterocycles. The van der Waals surface area contributed by atoms with Crippen LogP contribution in [0.4, 0.5) is 0 Å². The van der Waals surface area contributed by atoms with Gasteiger partial charge in [0.05, 0.1) is 7.11 Å². The lowest BCUT2D eigenvalue weighted by atomic mass is 9.77. The van der Waals surface area contributed by atoms with E-state index in [-0.39, 0.29) is 17.1 Å². The Morgan fingerprint density at radius 1 is 1.18 bits per heavy atom. The molecule has 2 N–H and O–H groups in total. The van der Waals surface area contributed by atoms with E-state index in [1.54, 1.807) is 19.2 Å². The quantitative estimate of drug-likeness (QED) is 0.842. The van der Waals surface area contributed by atoms with E-state index in [9.17, 15) is 14.7 Å². The second kappa shape index (κ2) is 7.31. The molecule has 0 saturated carbocycles. The molecule has 7 heteroatoms. The number of nitrogens with zero attached hydrogens (tertiary/aromatic N) is 1. The summed E-state index contributed by atoms with van der Waals surface area (Å²) in [5.74, 6) is 0.158. The van der Waals surface area contributed by atoms with E-state index in [1.807, 2.05) is 24.3 Å². The van der Waals surface area contributed by atoms with E-state index in [4.69, 9.17) is 9.15 Å². The van der Waals surface area contributed by atoms with Gasteiger partial charge < -0.3 is 24.5 Å². The molecule has 0 radical (unpaired) electrons. The van der Waals surface area contributed by atoms with Crippen LogP contribution in [-0.2, 0) is 4.79 Å². The summed E-state index contributed by atoms with van der Waals surface area (Å²) in [6.45, 7) is 2.18. The van der Waals surface area contributed by atoms with Crippen LogP contribution in [0.5, 0.6) is 5.75 Å². The van der Waals surface area contributed by atoms with Crippen molar-refractivity contribution in [1.29, 1.82) is 0 Å². The van der Waals surface area contributed by atoms with Gasteiger partial charge in [-0.2, -0.15) is 0 Å². The normalized spacial score (nSPS) is 21.0. The number of hydrogen-bond acceptors (Lipinski definition) is 5. The molecule has 0 unspecified atom stereocenters. The Kier molecular flexibility index (Phi) is 4.85. The van der Waals surface area contributed by atoms with E-state index < -0.39 is 12.0 Å². The van der Waals surface area contributed by atoms with Crippen molar-refractivity contribution in [2.24, 2.45) is 5.41 Å². The van der Waals surface area contributed by atoms with Crippen molar-refractivity contribution in [3.8, 4) is 17.1 Å². The second-order valence-corrected chi connectivity index (χ2v) is 7.63. The highest BCUT2D eigenvalue weighted by Crippen LogP contribution is 2.42. The zero-order chi connectivity index (χ0) is 19.7. The Bertz CT molecular complexity index is 867. The Morgan fingerprint density at radius 3 is 2.54 bits per heavy atom. The topological polar surface area (TPSA) is 92.0 Å². The summed E-state index contributed by atoms with van der Waals surface area (Å²) in [7, 11) is 1.60. The molecule has 0 bridgehead atoms. The van der Waals surface area contributed by atoms with Crippen LogP contribution in [-0.4, -0.2) is 54.7 Å². The first-order valence-corrected chi connectivity index (χ1v) is 9.50. The van der Waals surface area contributed by atoms with Crippen molar-refractivity contribution < 1.29 is 23.8 Å². The molecule has 2 saturated heterocycles. The summed E-state index contributed by atoms with van der Waals surface area (Å²) in [5.41, 5.74) is 0.709. The van der Waals surface area contributed by atoms with Gasteiger partial charge in [0.1, 0.15) is 17.6 Å². The molecular weight excluding hydrogens is 360 g/mol. The molecule has 3 heterocycles. The monoisotopic (exact) mass is 384 g/mol. The number of amides is 1. The highest BCUT2D eigenvalue weighted by molar-refractivity contribution is 5.95. The van der Waals surface area contributed by atoms with Crippen molar-refractivity contribution in [2.45, 2.75) is 25.3 Å². The zero-order valence-electron chi connectivity index (χ0n) is 15.8. The number of ether oxygens (including phenoxy) is 1. The number of nitrogens with one attached hydrogen (secondary N) is 1. The minimum atomic E-state index is -0.953. The molecule has 1 aromatic carbocycles. The maximum Gasteiger partial charge on any atom is 0.326 e. The summed E-state index contributed by atoms with van der Waals surface area (Å²) >= 11 is 0. The molecule has 28 heavy (non-hydrogen) atoms. The summed E-state index contributed by atoms with van der Waals surface area (Å²) < 4.78 is 10.9. The van der Waals surface area contributed by atoms with Crippen molar-refractivity contribution in [3.05, 3.63) is 42.2 Å². The largest absolute Gasteiger partial charge is 0.497 e. The van der Waals surface area contributed by atoms with E-state index in [1.165, 1.54) is 4.90 Å². The maximum absolute atomic E-state index is 13.1. The van der Waals surface area contributed by atoms with Gasteiger partial charge in [-0.3, -0.25) is 4.79 Å². The number of rotatable bonds is 4. The first-order valence-electron chi connectivity index (χ1n) is 9.50. The zero-order valence-corrected chi connectivity index (χ0v) is 15.8. The highest BCUT2D eigenvalue weighted by Gasteiger charge is 2.49. The number of likely N-dealkylation sites (tertiary alicyclic amines) is 1. The van der Waals surface area contributed by atoms with Crippen LogP contribution in [0.2, 0.25) is 0 Å². The van der Waals surface area contributed by atoms with Crippen LogP contribution >= 0.6 is 0 Å². The number of carboxylic acid groups (broad SMARTS) is 1. The fourth-order valence-corrected chi connectivity index (χ4v) is 4.31. The second-order valence-electron chi connectivity index (χ2n) is 7.63. The van der Waals surface area contributed by atoms with Crippen molar-refractivity contribution in [2.75, 3.05) is 26.7 Å². The van der Waals surface area contributed by atoms with E-state index in [0.29, 0.717) is 18.7 Å². The lowest BCUT2D eigenvalue weighted by Gasteiger charge is -2.33. The minimum Gasteiger partial charge on any atom is -0.497 e. The molecule has 148 valence electrons. The van der Waals surface area contributed by atoms with Gasteiger partial charge in [-0.1, -0.05) is 0 Å². The summed E-state index contributed by atoms with van der Waals surface area (Å²) in [6.07, 6.45) is 2.27. The van der Waals surface area contributed by atoms with Crippen LogP contribution in [0.25, 0.3) is 11.3 Å². The molecule has 2 fully saturated rings. The number of carboxylic acids is 1. The van der Waals surface area contributed by atoms with Gasteiger partial charge in [-0.15, -0.1) is 0 Å². The van der Waals surface area contributed by atoms with Gasteiger partial charge >= 0.3 is 5.97 Å². The Morgan fingerprint density at radius 2 is 1.89 bits per heavy atom. The standard InChI is InChI=1S/C21H24N2O5/c1-27-15-4-2-14(3-5-15)17-6-7-18(28-17)19(24)23-13-21(8-10-22-11-9-21)12-16(23)20(25)26/h2-7,16,22H,8-13H2,1H3,(H,25,26)/t16-/m1/s1. The summed E-state index contributed by atoms with van der Waals surface area (Å²) in [5, 5.41) is 13.0. The number of piperidine rings is 1. The van der Waals surface area contributed by atoms with E-state index in [2.05, 4.69) is 5.32 Å². The number of carbonyl (C=O) groups excluding carboxylic acids is 1. The van der Waals surface area contributed by atoms with Crippen LogP contribution < -0.4 is 10.1 Å². The predicted molar refractivity (Wildman–Crippen MR) is 102 cm³/mol. The summed E-state index contributed by atoms with van der Waals surface area (Å²) in [4.78, 5) is 26.4. The SMILES string of the molecule is COc1ccc(-c2ccc(C(=O)N3CC4(CCNCC4)C[C@@H]3C(=O)O)o2)cc1. The van der Waals surface area contributed by atoms with Gasteiger partial charge in [0, 0.05) is 12.1 Å². The van der Waals surface area contributed by atoms with E-state index >= 15 is 0 Å². The number of carbonyl (C=O) groups is 2.